The predicted octanol–water partition coefficient (Wildman–Crippen LogP) is 2.68. The number of fused-ring (bicyclic) bond motifs is 1. The molecule has 2 aromatic heterocycles. The molecule has 0 unspecified atom stereocenters. The van der Waals surface area contributed by atoms with Gasteiger partial charge in [0.2, 0.25) is 5.91 Å². The average Bonchev–Trinajstić information content (AvgIpc) is 3.26. The molecule has 4 rings (SSSR count). The number of piperazine rings is 1. The number of aromatic nitrogens is 4. The summed E-state index contributed by atoms with van der Waals surface area (Å²) in [5.74, 6) is 0.164. The van der Waals surface area contributed by atoms with E-state index in [0.717, 1.165) is 29.1 Å². The third-order valence-electron chi connectivity index (χ3n) is 5.96. The number of amides is 2. The highest BCUT2D eigenvalue weighted by molar-refractivity contribution is 5.94. The number of nitrogens with zero attached hydrogens (tertiary/aromatic N) is 6. The van der Waals surface area contributed by atoms with E-state index in [9.17, 15) is 22.8 Å². The fourth-order valence-electron chi connectivity index (χ4n) is 4.05. The molecule has 1 aliphatic rings. The lowest BCUT2D eigenvalue weighted by atomic mass is 10.1. The van der Waals surface area contributed by atoms with E-state index in [0.29, 0.717) is 44.8 Å². The molecule has 0 bridgehead atoms. The summed E-state index contributed by atoms with van der Waals surface area (Å²) in [5.41, 5.74) is 2.07. The van der Waals surface area contributed by atoms with E-state index in [4.69, 9.17) is 0 Å². The molecular formula is C22H23F3N6O2. The van der Waals surface area contributed by atoms with Gasteiger partial charge in [-0.3, -0.25) is 9.59 Å². The van der Waals surface area contributed by atoms with Crippen molar-refractivity contribution in [3.8, 4) is 0 Å². The Labute approximate surface area is 188 Å². The molecule has 0 atom stereocenters. The molecule has 0 radical (unpaired) electrons. The van der Waals surface area contributed by atoms with Gasteiger partial charge in [0.15, 0.2) is 0 Å². The van der Waals surface area contributed by atoms with Gasteiger partial charge in [0, 0.05) is 49.6 Å². The monoisotopic (exact) mass is 460 g/mol. The van der Waals surface area contributed by atoms with Gasteiger partial charge in [0.1, 0.15) is 6.33 Å². The first kappa shape index (κ1) is 22.7. The van der Waals surface area contributed by atoms with E-state index in [1.807, 2.05) is 13.8 Å². The summed E-state index contributed by atoms with van der Waals surface area (Å²) < 4.78 is 39.8. The fourth-order valence-corrected chi connectivity index (χ4v) is 4.05. The molecule has 1 fully saturated rings. The van der Waals surface area contributed by atoms with Crippen LogP contribution in [0.2, 0.25) is 0 Å². The molecule has 1 aliphatic heterocycles. The maximum atomic E-state index is 12.7. The molecule has 8 nitrogen and oxygen atoms in total. The number of hydrogen-bond acceptors (Lipinski definition) is 5. The van der Waals surface area contributed by atoms with Gasteiger partial charge in [-0.2, -0.15) is 23.3 Å². The second-order valence-electron chi connectivity index (χ2n) is 7.98. The van der Waals surface area contributed by atoms with Gasteiger partial charge in [-0.15, -0.1) is 0 Å². The summed E-state index contributed by atoms with van der Waals surface area (Å²) in [6, 6.07) is 4.19. The topological polar surface area (TPSA) is 83.7 Å². The zero-order chi connectivity index (χ0) is 23.8. The van der Waals surface area contributed by atoms with Crippen LogP contribution in [0, 0.1) is 13.8 Å². The van der Waals surface area contributed by atoms with Gasteiger partial charge in [0.05, 0.1) is 5.56 Å². The molecule has 1 saturated heterocycles. The Kier molecular flexibility index (Phi) is 6.05. The zero-order valence-corrected chi connectivity index (χ0v) is 18.3. The lowest BCUT2D eigenvalue weighted by Gasteiger charge is -2.35. The summed E-state index contributed by atoms with van der Waals surface area (Å²) in [5, 5.41) is 4.16. The van der Waals surface area contributed by atoms with Crippen molar-refractivity contribution in [2.45, 2.75) is 32.9 Å². The van der Waals surface area contributed by atoms with E-state index < -0.39 is 11.7 Å². The molecule has 2 amide bonds. The van der Waals surface area contributed by atoms with Crippen LogP contribution in [-0.2, 0) is 17.4 Å². The van der Waals surface area contributed by atoms with Crippen LogP contribution in [0.15, 0.2) is 30.6 Å². The second kappa shape index (κ2) is 8.80. The molecule has 0 spiro atoms. The van der Waals surface area contributed by atoms with Gasteiger partial charge in [-0.25, -0.2) is 9.50 Å². The van der Waals surface area contributed by atoms with Gasteiger partial charge in [-0.1, -0.05) is 0 Å². The molecule has 174 valence electrons. The van der Waals surface area contributed by atoms with E-state index in [1.54, 1.807) is 14.3 Å². The number of alkyl halides is 3. The standard InChI is InChI=1S/C22H23F3N6O2/c1-14-18(15(2)31-21(28-14)26-13-27-31)7-8-19(32)29-9-11-30(12-10-29)20(33)16-3-5-17(6-4-16)22(23,24)25/h3-6,13H,7-12H2,1-2H3. The van der Waals surface area contributed by atoms with Crippen LogP contribution in [0.5, 0.6) is 0 Å². The zero-order valence-electron chi connectivity index (χ0n) is 18.3. The molecule has 0 aliphatic carbocycles. The quantitative estimate of drug-likeness (QED) is 0.598. The summed E-state index contributed by atoms with van der Waals surface area (Å²) in [6.45, 7) is 5.22. The molecule has 33 heavy (non-hydrogen) atoms. The molecule has 3 heterocycles. The summed E-state index contributed by atoms with van der Waals surface area (Å²) >= 11 is 0. The van der Waals surface area contributed by atoms with Crippen molar-refractivity contribution in [2.75, 3.05) is 26.2 Å². The molecule has 0 N–H and O–H groups in total. The van der Waals surface area contributed by atoms with Crippen molar-refractivity contribution in [2.24, 2.45) is 0 Å². The smallest absolute Gasteiger partial charge is 0.339 e. The Bertz CT molecular complexity index is 1180. The Balaban J connectivity index is 1.32. The number of rotatable bonds is 4. The minimum absolute atomic E-state index is 0.0193. The fraction of sp³-hybridized carbons (Fsp3) is 0.409. The van der Waals surface area contributed by atoms with Crippen LogP contribution in [0.3, 0.4) is 0 Å². The van der Waals surface area contributed by atoms with Crippen molar-refractivity contribution in [1.82, 2.24) is 29.4 Å². The van der Waals surface area contributed by atoms with Crippen molar-refractivity contribution in [3.05, 3.63) is 58.7 Å². The largest absolute Gasteiger partial charge is 0.416 e. The van der Waals surface area contributed by atoms with E-state index in [2.05, 4.69) is 15.1 Å². The maximum absolute atomic E-state index is 12.7. The number of benzene rings is 1. The number of carbonyl (C=O) groups is 2. The maximum Gasteiger partial charge on any atom is 0.416 e. The van der Waals surface area contributed by atoms with Gasteiger partial charge < -0.3 is 9.80 Å². The van der Waals surface area contributed by atoms with Crippen LogP contribution in [-0.4, -0.2) is 67.4 Å². The highest BCUT2D eigenvalue weighted by Crippen LogP contribution is 2.29. The van der Waals surface area contributed by atoms with Crippen LogP contribution in [0.4, 0.5) is 13.2 Å². The highest BCUT2D eigenvalue weighted by atomic mass is 19.4. The van der Waals surface area contributed by atoms with Gasteiger partial charge in [0.25, 0.3) is 11.7 Å². The Morgan fingerprint density at radius 3 is 2.27 bits per heavy atom. The molecular weight excluding hydrogens is 437 g/mol. The predicted molar refractivity (Wildman–Crippen MR) is 113 cm³/mol. The first-order valence-corrected chi connectivity index (χ1v) is 10.6. The summed E-state index contributed by atoms with van der Waals surface area (Å²) in [6.07, 6.45) is -2.18. The summed E-state index contributed by atoms with van der Waals surface area (Å²) in [7, 11) is 0. The van der Waals surface area contributed by atoms with Crippen LogP contribution in [0.25, 0.3) is 5.78 Å². The van der Waals surface area contributed by atoms with Crippen molar-refractivity contribution in [3.63, 3.8) is 0 Å². The number of hydrogen-bond donors (Lipinski definition) is 0. The molecule has 1 aromatic carbocycles. The first-order chi connectivity index (χ1) is 15.6. The molecule has 0 saturated carbocycles. The highest BCUT2D eigenvalue weighted by Gasteiger charge is 2.31. The summed E-state index contributed by atoms with van der Waals surface area (Å²) in [4.78, 5) is 37.2. The van der Waals surface area contributed by atoms with E-state index in [-0.39, 0.29) is 17.4 Å². The van der Waals surface area contributed by atoms with Gasteiger partial charge in [-0.05, 0) is 50.1 Å². The van der Waals surface area contributed by atoms with Gasteiger partial charge >= 0.3 is 6.18 Å². The second-order valence-corrected chi connectivity index (χ2v) is 7.98. The van der Waals surface area contributed by atoms with E-state index in [1.165, 1.54) is 18.5 Å². The Morgan fingerprint density at radius 2 is 1.64 bits per heavy atom. The lowest BCUT2D eigenvalue weighted by molar-refractivity contribution is -0.137. The Hall–Kier alpha value is -3.50. The van der Waals surface area contributed by atoms with E-state index >= 15 is 0 Å². The molecule has 3 aromatic rings. The minimum atomic E-state index is -4.44. The number of aryl methyl sites for hydroxylation is 2. The van der Waals surface area contributed by atoms with Crippen molar-refractivity contribution in [1.29, 1.82) is 0 Å². The lowest BCUT2D eigenvalue weighted by Crippen LogP contribution is -2.50. The SMILES string of the molecule is Cc1nc2ncnn2c(C)c1CCC(=O)N1CCN(C(=O)c2ccc(C(F)(F)F)cc2)CC1. The van der Waals surface area contributed by atoms with Crippen LogP contribution >= 0.6 is 0 Å². The Morgan fingerprint density at radius 1 is 1.00 bits per heavy atom. The normalized spacial score (nSPS) is 14.7. The van der Waals surface area contributed by atoms with Crippen molar-refractivity contribution >= 4 is 17.6 Å². The van der Waals surface area contributed by atoms with Crippen LogP contribution in [0.1, 0.15) is 39.3 Å². The number of halogens is 3. The third kappa shape index (κ3) is 4.67. The third-order valence-corrected chi connectivity index (χ3v) is 5.96. The molecule has 11 heteroatoms. The van der Waals surface area contributed by atoms with Crippen LogP contribution < -0.4 is 0 Å². The first-order valence-electron chi connectivity index (χ1n) is 10.6. The number of carbonyl (C=O) groups excluding carboxylic acids is 2. The average molecular weight is 460 g/mol. The van der Waals surface area contributed by atoms with Crippen molar-refractivity contribution < 1.29 is 22.8 Å². The minimum Gasteiger partial charge on any atom is -0.339 e.